The van der Waals surface area contributed by atoms with Crippen LogP contribution in [0.3, 0.4) is 0 Å². The molecule has 2 heterocycles. The number of aromatic amines is 1. The molecule has 0 aliphatic heterocycles. The maximum absolute atomic E-state index is 12.8. The van der Waals surface area contributed by atoms with Crippen LogP contribution in [0.15, 0.2) is 4.79 Å². The third-order valence-corrected chi connectivity index (χ3v) is 8.15. The summed E-state index contributed by atoms with van der Waals surface area (Å²) in [5, 5.41) is 3.97. The second-order valence-corrected chi connectivity index (χ2v) is 11.3. The molecule has 0 spiro atoms. The summed E-state index contributed by atoms with van der Waals surface area (Å²) >= 11 is 1.68. The third kappa shape index (κ3) is 4.79. The third-order valence-electron chi connectivity index (χ3n) is 7.00. The van der Waals surface area contributed by atoms with Crippen LogP contribution in [0.5, 0.6) is 0 Å². The number of hydrogen-bond acceptors (Lipinski definition) is 4. The number of nitrogens with one attached hydrogen (secondary N) is 2. The van der Waals surface area contributed by atoms with Crippen molar-refractivity contribution < 1.29 is 4.79 Å². The number of rotatable bonds is 4. The first-order valence-electron chi connectivity index (χ1n) is 11.6. The Hall–Kier alpha value is -1.69. The van der Waals surface area contributed by atoms with Crippen LogP contribution in [0.1, 0.15) is 88.4 Å². The fourth-order valence-corrected chi connectivity index (χ4v) is 6.36. The number of thiophene rings is 1. The van der Waals surface area contributed by atoms with Crippen molar-refractivity contribution in [3.05, 3.63) is 26.6 Å². The first kappa shape index (κ1) is 21.5. The molecule has 2 aliphatic carbocycles. The Bertz CT molecular complexity index is 961. The molecule has 2 aromatic rings. The smallest absolute Gasteiger partial charge is 0.259 e. The van der Waals surface area contributed by atoms with E-state index in [1.165, 1.54) is 36.1 Å². The topological polar surface area (TPSA) is 74.8 Å². The van der Waals surface area contributed by atoms with Gasteiger partial charge in [-0.05, 0) is 49.0 Å². The molecule has 4 rings (SSSR count). The van der Waals surface area contributed by atoms with Crippen LogP contribution in [-0.2, 0) is 24.1 Å². The molecule has 0 aromatic carbocycles. The van der Waals surface area contributed by atoms with Crippen LogP contribution in [-0.4, -0.2) is 21.9 Å². The van der Waals surface area contributed by atoms with Gasteiger partial charge < -0.3 is 10.3 Å². The molecule has 1 saturated carbocycles. The summed E-state index contributed by atoms with van der Waals surface area (Å²) in [6.07, 6.45) is 11.1. The molecule has 2 N–H and O–H groups in total. The number of nitrogens with zero attached hydrogens (tertiary/aromatic N) is 1. The Morgan fingerprint density at radius 3 is 2.60 bits per heavy atom. The molecule has 164 valence electrons. The van der Waals surface area contributed by atoms with Crippen molar-refractivity contribution in [1.82, 2.24) is 15.3 Å². The molecule has 1 fully saturated rings. The van der Waals surface area contributed by atoms with Gasteiger partial charge in [0.15, 0.2) is 0 Å². The highest BCUT2D eigenvalue weighted by Gasteiger charge is 2.31. The predicted molar refractivity (Wildman–Crippen MR) is 123 cm³/mol. The Kier molecular flexibility index (Phi) is 6.33. The van der Waals surface area contributed by atoms with Gasteiger partial charge in [-0.15, -0.1) is 11.3 Å². The minimum atomic E-state index is -0.0362. The van der Waals surface area contributed by atoms with Crippen LogP contribution in [0.2, 0.25) is 0 Å². The van der Waals surface area contributed by atoms with Crippen LogP contribution >= 0.6 is 11.3 Å². The molecular weight excluding hydrogens is 394 g/mol. The van der Waals surface area contributed by atoms with Crippen molar-refractivity contribution in [3.8, 4) is 0 Å². The molecule has 0 bridgehead atoms. The quantitative estimate of drug-likeness (QED) is 0.678. The summed E-state index contributed by atoms with van der Waals surface area (Å²) in [6.45, 7) is 6.91. The van der Waals surface area contributed by atoms with E-state index in [0.29, 0.717) is 30.6 Å². The van der Waals surface area contributed by atoms with E-state index < -0.39 is 0 Å². The van der Waals surface area contributed by atoms with Crippen LogP contribution in [0, 0.1) is 11.3 Å². The van der Waals surface area contributed by atoms with Gasteiger partial charge in [0.05, 0.1) is 5.39 Å². The molecular formula is C24H35N3O2S. The first-order chi connectivity index (χ1) is 14.3. The van der Waals surface area contributed by atoms with E-state index in [1.54, 1.807) is 11.3 Å². The largest absolute Gasteiger partial charge is 0.353 e. The lowest BCUT2D eigenvalue weighted by molar-refractivity contribution is -0.121. The summed E-state index contributed by atoms with van der Waals surface area (Å²) < 4.78 is 0. The van der Waals surface area contributed by atoms with Gasteiger partial charge in [0.25, 0.3) is 5.56 Å². The Balaban J connectivity index is 1.44. The zero-order valence-electron chi connectivity index (χ0n) is 18.6. The van der Waals surface area contributed by atoms with E-state index in [1.807, 2.05) is 0 Å². The average molecular weight is 430 g/mol. The molecule has 1 atom stereocenters. The lowest BCUT2D eigenvalue weighted by atomic mass is 9.72. The van der Waals surface area contributed by atoms with Crippen molar-refractivity contribution in [2.75, 3.05) is 0 Å². The van der Waals surface area contributed by atoms with Crippen LogP contribution in [0.4, 0.5) is 0 Å². The maximum atomic E-state index is 12.8. The Morgan fingerprint density at radius 1 is 1.17 bits per heavy atom. The van der Waals surface area contributed by atoms with Gasteiger partial charge in [-0.25, -0.2) is 4.98 Å². The van der Waals surface area contributed by atoms with E-state index in [9.17, 15) is 9.59 Å². The molecule has 2 aliphatic rings. The lowest BCUT2D eigenvalue weighted by Gasteiger charge is -2.33. The van der Waals surface area contributed by atoms with Gasteiger partial charge in [0.2, 0.25) is 5.91 Å². The second-order valence-electron chi connectivity index (χ2n) is 10.3. The Labute approximate surface area is 183 Å². The van der Waals surface area contributed by atoms with E-state index in [-0.39, 0.29) is 16.9 Å². The summed E-state index contributed by atoms with van der Waals surface area (Å²) in [7, 11) is 0. The summed E-state index contributed by atoms with van der Waals surface area (Å²) in [5.74, 6) is 1.35. The molecule has 1 amide bonds. The molecule has 6 heteroatoms. The van der Waals surface area contributed by atoms with Gasteiger partial charge in [-0.3, -0.25) is 9.59 Å². The fourth-order valence-electron chi connectivity index (χ4n) is 5.04. The standard InChI is InChI=1S/C24H35N3O2S/c1-24(2,3)15-10-11-17-18(14-15)30-23-21(17)22(29)26-19(27-23)12-13-20(28)25-16-8-6-4-5-7-9-16/h15-16H,4-14H2,1-3H3,(H,25,28)(H,26,27,29). The predicted octanol–water partition coefficient (Wildman–Crippen LogP) is 4.91. The van der Waals surface area contributed by atoms with Gasteiger partial charge in [-0.2, -0.15) is 0 Å². The molecule has 0 saturated heterocycles. The lowest BCUT2D eigenvalue weighted by Crippen LogP contribution is -2.34. The number of aryl methyl sites for hydroxylation is 2. The molecule has 30 heavy (non-hydrogen) atoms. The first-order valence-corrected chi connectivity index (χ1v) is 12.5. The summed E-state index contributed by atoms with van der Waals surface area (Å²) in [4.78, 5) is 35.1. The van der Waals surface area contributed by atoms with E-state index in [0.717, 1.165) is 42.3 Å². The normalized spacial score (nSPS) is 20.7. The minimum absolute atomic E-state index is 0.0362. The number of carbonyl (C=O) groups excluding carboxylic acids is 1. The van der Waals surface area contributed by atoms with Crippen LogP contribution in [0.25, 0.3) is 10.2 Å². The van der Waals surface area contributed by atoms with E-state index in [2.05, 4.69) is 31.1 Å². The number of hydrogen-bond donors (Lipinski definition) is 2. The van der Waals surface area contributed by atoms with Crippen molar-refractivity contribution in [2.45, 2.75) is 97.4 Å². The Morgan fingerprint density at radius 2 is 1.90 bits per heavy atom. The van der Waals surface area contributed by atoms with Gasteiger partial charge in [0.1, 0.15) is 10.7 Å². The number of carbonyl (C=O) groups is 1. The fraction of sp³-hybridized carbons (Fsp3) is 0.708. The zero-order valence-corrected chi connectivity index (χ0v) is 19.4. The highest BCUT2D eigenvalue weighted by atomic mass is 32.1. The number of amides is 1. The zero-order chi connectivity index (χ0) is 21.3. The molecule has 0 radical (unpaired) electrons. The van der Waals surface area contributed by atoms with E-state index in [4.69, 9.17) is 4.98 Å². The van der Waals surface area contributed by atoms with Crippen LogP contribution < -0.4 is 10.9 Å². The van der Waals surface area contributed by atoms with Crippen molar-refractivity contribution >= 4 is 27.5 Å². The maximum Gasteiger partial charge on any atom is 0.259 e. The molecule has 5 nitrogen and oxygen atoms in total. The molecule has 2 aromatic heterocycles. The number of fused-ring (bicyclic) bond motifs is 3. The van der Waals surface area contributed by atoms with Crippen molar-refractivity contribution in [2.24, 2.45) is 11.3 Å². The second kappa shape index (κ2) is 8.81. The van der Waals surface area contributed by atoms with Gasteiger partial charge >= 0.3 is 0 Å². The summed E-state index contributed by atoms with van der Waals surface area (Å²) in [6, 6.07) is 0.314. The van der Waals surface area contributed by atoms with E-state index >= 15 is 0 Å². The SMILES string of the molecule is CC(C)(C)C1CCc2c(sc3nc(CCC(=O)NC4CCCCCC4)[nH]c(=O)c23)C1. The highest BCUT2D eigenvalue weighted by Crippen LogP contribution is 2.41. The summed E-state index contributed by atoms with van der Waals surface area (Å²) in [5.41, 5.74) is 1.46. The average Bonchev–Trinajstić information content (AvgIpc) is 2.86. The monoisotopic (exact) mass is 429 g/mol. The van der Waals surface area contributed by atoms with Crippen molar-refractivity contribution in [1.29, 1.82) is 0 Å². The van der Waals surface area contributed by atoms with Crippen molar-refractivity contribution in [3.63, 3.8) is 0 Å². The highest BCUT2D eigenvalue weighted by molar-refractivity contribution is 7.18. The number of aromatic nitrogens is 2. The number of H-pyrrole nitrogens is 1. The minimum Gasteiger partial charge on any atom is -0.353 e. The van der Waals surface area contributed by atoms with Gasteiger partial charge in [-0.1, -0.05) is 46.5 Å². The van der Waals surface area contributed by atoms with Gasteiger partial charge in [0, 0.05) is 23.8 Å². The molecule has 1 unspecified atom stereocenters.